The Labute approximate surface area is 167 Å². The van der Waals surface area contributed by atoms with Crippen molar-refractivity contribution in [2.75, 3.05) is 13.2 Å². The Morgan fingerprint density at radius 2 is 1.75 bits per heavy atom. The monoisotopic (exact) mass is 398 g/mol. The second-order valence-electron chi connectivity index (χ2n) is 5.93. The summed E-state index contributed by atoms with van der Waals surface area (Å²) >= 11 is 6.25. The summed E-state index contributed by atoms with van der Waals surface area (Å²) < 4.78 is 10.6. The van der Waals surface area contributed by atoms with Gasteiger partial charge in [0, 0.05) is 0 Å². The van der Waals surface area contributed by atoms with Crippen LogP contribution in [0.1, 0.15) is 5.76 Å². The van der Waals surface area contributed by atoms with Gasteiger partial charge in [-0.3, -0.25) is 9.59 Å². The van der Waals surface area contributed by atoms with E-state index in [0.717, 1.165) is 11.1 Å². The molecule has 6 nitrogen and oxygen atoms in total. The second-order valence-corrected chi connectivity index (χ2v) is 6.34. The van der Waals surface area contributed by atoms with Gasteiger partial charge in [-0.15, -0.1) is 0 Å². The lowest BCUT2D eigenvalue weighted by molar-refractivity contribution is -0.127. The van der Waals surface area contributed by atoms with Crippen LogP contribution in [0.3, 0.4) is 0 Å². The lowest BCUT2D eigenvalue weighted by Crippen LogP contribution is -2.38. The minimum Gasteiger partial charge on any atom is -0.482 e. The first kappa shape index (κ1) is 19.5. The first-order chi connectivity index (χ1) is 13.6. The lowest BCUT2D eigenvalue weighted by atomic mass is 10.1. The normalized spacial score (nSPS) is 10.3. The maximum Gasteiger partial charge on any atom is 0.258 e. The number of hydrogen-bond donors (Lipinski definition) is 2. The van der Waals surface area contributed by atoms with Crippen molar-refractivity contribution in [1.82, 2.24) is 10.6 Å². The van der Waals surface area contributed by atoms with E-state index in [0.29, 0.717) is 16.5 Å². The molecule has 1 heterocycles. The fraction of sp³-hybridized carbons (Fsp3) is 0.143. The largest absolute Gasteiger partial charge is 0.482 e. The quantitative estimate of drug-likeness (QED) is 0.609. The van der Waals surface area contributed by atoms with Crippen LogP contribution in [0.25, 0.3) is 11.1 Å². The molecular formula is C21H19ClN2O4. The second kappa shape index (κ2) is 9.62. The van der Waals surface area contributed by atoms with Gasteiger partial charge >= 0.3 is 0 Å². The van der Waals surface area contributed by atoms with Gasteiger partial charge in [-0.05, 0) is 35.4 Å². The maximum atomic E-state index is 11.9. The number of carbonyl (C=O) groups is 2. The zero-order valence-electron chi connectivity index (χ0n) is 15.0. The number of ether oxygens (including phenoxy) is 1. The predicted octanol–water partition coefficient (Wildman–Crippen LogP) is 3.41. The van der Waals surface area contributed by atoms with Gasteiger partial charge < -0.3 is 19.8 Å². The number of hydrogen-bond acceptors (Lipinski definition) is 4. The minimum atomic E-state index is -0.420. The third kappa shape index (κ3) is 5.62. The van der Waals surface area contributed by atoms with E-state index in [2.05, 4.69) is 10.6 Å². The molecule has 3 rings (SSSR count). The third-order valence-corrected chi connectivity index (χ3v) is 4.18. The number of nitrogens with one attached hydrogen (secondary N) is 2. The summed E-state index contributed by atoms with van der Waals surface area (Å²) in [5.41, 5.74) is 1.99. The molecule has 0 bridgehead atoms. The van der Waals surface area contributed by atoms with E-state index in [9.17, 15) is 9.59 Å². The molecule has 2 aromatic carbocycles. The van der Waals surface area contributed by atoms with Crippen molar-refractivity contribution in [2.45, 2.75) is 6.54 Å². The van der Waals surface area contributed by atoms with Crippen LogP contribution in [0.2, 0.25) is 5.02 Å². The molecule has 0 atom stereocenters. The highest BCUT2D eigenvalue weighted by Crippen LogP contribution is 2.30. The molecule has 0 aliphatic carbocycles. The highest BCUT2D eigenvalue weighted by molar-refractivity contribution is 6.32. The van der Waals surface area contributed by atoms with E-state index in [1.807, 2.05) is 36.4 Å². The highest BCUT2D eigenvalue weighted by atomic mass is 35.5. The number of carbonyl (C=O) groups excluding carboxylic acids is 2. The Morgan fingerprint density at radius 3 is 2.46 bits per heavy atom. The number of halogens is 1. The van der Waals surface area contributed by atoms with E-state index >= 15 is 0 Å². The molecule has 0 spiro atoms. The van der Waals surface area contributed by atoms with Crippen molar-refractivity contribution in [1.29, 1.82) is 0 Å². The maximum absolute atomic E-state index is 11.9. The van der Waals surface area contributed by atoms with E-state index in [-0.39, 0.29) is 25.6 Å². The standard InChI is InChI=1S/C21H19ClN2O4/c22-18-11-16(15-5-2-1-3-6-15)8-9-19(18)28-14-21(26)24-13-20(25)23-12-17-7-4-10-27-17/h1-11H,12-14H2,(H,23,25)(H,24,26). The first-order valence-corrected chi connectivity index (χ1v) is 9.03. The molecule has 0 fully saturated rings. The van der Waals surface area contributed by atoms with Crippen molar-refractivity contribution in [2.24, 2.45) is 0 Å². The molecular weight excluding hydrogens is 380 g/mol. The van der Waals surface area contributed by atoms with E-state index < -0.39 is 5.91 Å². The average Bonchev–Trinajstić information content (AvgIpc) is 3.24. The molecule has 0 radical (unpaired) electrons. The number of furan rings is 1. The van der Waals surface area contributed by atoms with Crippen LogP contribution in [0.4, 0.5) is 0 Å². The molecule has 0 saturated carbocycles. The first-order valence-electron chi connectivity index (χ1n) is 8.65. The summed E-state index contributed by atoms with van der Waals surface area (Å²) in [5, 5.41) is 5.53. The average molecular weight is 399 g/mol. The topological polar surface area (TPSA) is 80.6 Å². The SMILES string of the molecule is O=C(CNC(=O)COc1ccc(-c2ccccc2)cc1Cl)NCc1ccco1. The van der Waals surface area contributed by atoms with Crippen LogP contribution in [0.15, 0.2) is 71.3 Å². The fourth-order valence-corrected chi connectivity index (χ4v) is 2.70. The van der Waals surface area contributed by atoms with Crippen molar-refractivity contribution in [3.63, 3.8) is 0 Å². The molecule has 28 heavy (non-hydrogen) atoms. The zero-order chi connectivity index (χ0) is 19.8. The summed E-state index contributed by atoms with van der Waals surface area (Å²) in [6.07, 6.45) is 1.53. The van der Waals surface area contributed by atoms with Crippen molar-refractivity contribution in [3.05, 3.63) is 77.7 Å². The van der Waals surface area contributed by atoms with Crippen LogP contribution in [-0.4, -0.2) is 25.0 Å². The van der Waals surface area contributed by atoms with Crippen molar-refractivity contribution >= 4 is 23.4 Å². The summed E-state index contributed by atoms with van der Waals surface area (Å²) in [6, 6.07) is 18.7. The molecule has 0 aliphatic heterocycles. The Bertz CT molecular complexity index is 927. The van der Waals surface area contributed by atoms with Crippen molar-refractivity contribution in [3.8, 4) is 16.9 Å². The smallest absolute Gasteiger partial charge is 0.258 e. The Kier molecular flexibility index (Phi) is 6.70. The summed E-state index contributed by atoms with van der Waals surface area (Å²) in [7, 11) is 0. The molecule has 1 aromatic heterocycles. The molecule has 0 aliphatic rings. The van der Waals surface area contributed by atoms with Gasteiger partial charge in [0.25, 0.3) is 5.91 Å². The molecule has 0 unspecified atom stereocenters. The van der Waals surface area contributed by atoms with Gasteiger partial charge in [0.2, 0.25) is 5.91 Å². The van der Waals surface area contributed by atoms with Gasteiger partial charge in [-0.25, -0.2) is 0 Å². The van der Waals surface area contributed by atoms with E-state index in [4.69, 9.17) is 20.8 Å². The summed E-state index contributed by atoms with van der Waals surface area (Å²) in [5.74, 6) is 0.293. The van der Waals surface area contributed by atoms with Gasteiger partial charge in [0.1, 0.15) is 11.5 Å². The Balaban J connectivity index is 1.43. The highest BCUT2D eigenvalue weighted by Gasteiger charge is 2.09. The third-order valence-electron chi connectivity index (χ3n) is 3.88. The van der Waals surface area contributed by atoms with Gasteiger partial charge in [-0.1, -0.05) is 48.0 Å². The number of amides is 2. The lowest BCUT2D eigenvalue weighted by Gasteiger charge is -2.10. The van der Waals surface area contributed by atoms with Gasteiger partial charge in [0.15, 0.2) is 6.61 Å². The summed E-state index contributed by atoms with van der Waals surface area (Å²) in [6.45, 7) is -0.124. The molecule has 2 N–H and O–H groups in total. The van der Waals surface area contributed by atoms with Crippen LogP contribution in [-0.2, 0) is 16.1 Å². The van der Waals surface area contributed by atoms with E-state index in [1.54, 1.807) is 24.3 Å². The van der Waals surface area contributed by atoms with Gasteiger partial charge in [-0.2, -0.15) is 0 Å². The van der Waals surface area contributed by atoms with Gasteiger partial charge in [0.05, 0.1) is 24.4 Å². The molecule has 0 saturated heterocycles. The predicted molar refractivity (Wildman–Crippen MR) is 106 cm³/mol. The van der Waals surface area contributed by atoms with Crippen molar-refractivity contribution < 1.29 is 18.7 Å². The number of rotatable bonds is 8. The molecule has 144 valence electrons. The molecule has 2 amide bonds. The molecule has 7 heteroatoms. The zero-order valence-corrected chi connectivity index (χ0v) is 15.7. The fourth-order valence-electron chi connectivity index (χ4n) is 2.46. The van der Waals surface area contributed by atoms with Crippen LogP contribution in [0.5, 0.6) is 5.75 Å². The Hall–Kier alpha value is -3.25. The number of benzene rings is 2. The Morgan fingerprint density at radius 1 is 0.929 bits per heavy atom. The van der Waals surface area contributed by atoms with Crippen LogP contribution in [0, 0.1) is 0 Å². The molecule has 3 aromatic rings. The van der Waals surface area contributed by atoms with Crippen LogP contribution < -0.4 is 15.4 Å². The van der Waals surface area contributed by atoms with Crippen LogP contribution >= 0.6 is 11.6 Å². The summed E-state index contributed by atoms with van der Waals surface area (Å²) in [4.78, 5) is 23.6. The van der Waals surface area contributed by atoms with E-state index in [1.165, 1.54) is 6.26 Å². The minimum absolute atomic E-state index is 0.149.